The summed E-state index contributed by atoms with van der Waals surface area (Å²) in [6.07, 6.45) is 0.318. The van der Waals surface area contributed by atoms with Crippen LogP contribution in [0.15, 0.2) is 36.4 Å². The molecule has 31 heavy (non-hydrogen) atoms. The van der Waals surface area contributed by atoms with Crippen LogP contribution in [0, 0.1) is 19.8 Å². The van der Waals surface area contributed by atoms with Gasteiger partial charge in [-0.2, -0.15) is 0 Å². The van der Waals surface area contributed by atoms with Gasteiger partial charge >= 0.3 is 5.97 Å². The molecule has 0 N–H and O–H groups in total. The number of ketones is 1. The Labute approximate surface area is 180 Å². The quantitative estimate of drug-likeness (QED) is 0.548. The molecule has 2 aliphatic heterocycles. The lowest BCUT2D eigenvalue weighted by Gasteiger charge is -2.20. The van der Waals surface area contributed by atoms with Crippen LogP contribution in [-0.4, -0.2) is 43.8 Å². The summed E-state index contributed by atoms with van der Waals surface area (Å²) < 4.78 is 5.25. The Kier molecular flexibility index (Phi) is 5.35. The van der Waals surface area contributed by atoms with Crippen LogP contribution in [0.5, 0.6) is 0 Å². The van der Waals surface area contributed by atoms with Gasteiger partial charge in [-0.1, -0.05) is 12.1 Å². The van der Waals surface area contributed by atoms with Crippen molar-refractivity contribution in [3.63, 3.8) is 0 Å². The maximum atomic E-state index is 12.5. The minimum Gasteiger partial charge on any atom is -0.457 e. The third-order valence-corrected chi connectivity index (χ3v) is 6.15. The third kappa shape index (κ3) is 3.83. The Morgan fingerprint density at radius 3 is 2.61 bits per heavy atom. The number of aryl methyl sites for hydroxylation is 1. The second-order valence-electron chi connectivity index (χ2n) is 8.13. The maximum absolute atomic E-state index is 12.5. The van der Waals surface area contributed by atoms with E-state index in [-0.39, 0.29) is 37.0 Å². The molecule has 0 spiro atoms. The Hall–Kier alpha value is -3.48. The number of fused-ring (bicyclic) bond motifs is 1. The molecule has 1 atom stereocenters. The molecule has 1 saturated heterocycles. The normalized spacial score (nSPS) is 17.8. The molecule has 0 radical (unpaired) electrons. The molecule has 2 aliphatic rings. The van der Waals surface area contributed by atoms with Gasteiger partial charge in [0.15, 0.2) is 12.4 Å². The number of anilines is 2. The molecule has 2 aromatic rings. The fourth-order valence-electron chi connectivity index (χ4n) is 4.11. The van der Waals surface area contributed by atoms with Crippen molar-refractivity contribution in [1.82, 2.24) is 0 Å². The molecule has 2 aromatic carbocycles. The number of ether oxygens (including phenoxy) is 1. The molecular weight excluding hydrogens is 396 g/mol. The number of hydrogen-bond donors (Lipinski definition) is 0. The number of carbonyl (C=O) groups is 4. The average molecular weight is 420 g/mol. The van der Waals surface area contributed by atoms with E-state index in [2.05, 4.69) is 0 Å². The van der Waals surface area contributed by atoms with Crippen molar-refractivity contribution < 1.29 is 23.9 Å². The lowest BCUT2D eigenvalue weighted by Crippen LogP contribution is -2.27. The topological polar surface area (TPSA) is 84.0 Å². The summed E-state index contributed by atoms with van der Waals surface area (Å²) in [6.45, 7) is 3.77. The van der Waals surface area contributed by atoms with Crippen LogP contribution >= 0.6 is 0 Å². The number of esters is 1. The smallest absolute Gasteiger partial charge is 0.311 e. The van der Waals surface area contributed by atoms with Crippen LogP contribution in [0.25, 0.3) is 0 Å². The van der Waals surface area contributed by atoms with E-state index in [0.717, 1.165) is 28.1 Å². The molecule has 4 rings (SSSR count). The molecule has 2 heterocycles. The van der Waals surface area contributed by atoms with Gasteiger partial charge in [0.1, 0.15) is 0 Å². The molecule has 0 unspecified atom stereocenters. The summed E-state index contributed by atoms with van der Waals surface area (Å²) in [6, 6.07) is 10.8. The van der Waals surface area contributed by atoms with Crippen molar-refractivity contribution in [1.29, 1.82) is 0 Å². The van der Waals surface area contributed by atoms with E-state index >= 15 is 0 Å². The van der Waals surface area contributed by atoms with Gasteiger partial charge in [0.05, 0.1) is 12.3 Å². The molecule has 160 valence electrons. The summed E-state index contributed by atoms with van der Waals surface area (Å²) >= 11 is 0. The van der Waals surface area contributed by atoms with E-state index in [1.54, 1.807) is 35.0 Å². The summed E-state index contributed by atoms with van der Waals surface area (Å²) in [5, 5.41) is 0. The van der Waals surface area contributed by atoms with Gasteiger partial charge in [0.2, 0.25) is 11.8 Å². The number of hydrogen-bond acceptors (Lipinski definition) is 5. The molecule has 0 bridgehead atoms. The van der Waals surface area contributed by atoms with E-state index in [0.29, 0.717) is 5.56 Å². The zero-order valence-electron chi connectivity index (χ0n) is 17.8. The number of nitrogens with zero attached hydrogens (tertiary/aromatic N) is 2. The predicted molar refractivity (Wildman–Crippen MR) is 115 cm³/mol. The fraction of sp³-hybridized carbons (Fsp3) is 0.333. The Bertz CT molecular complexity index is 1110. The van der Waals surface area contributed by atoms with Gasteiger partial charge in [-0.3, -0.25) is 19.2 Å². The number of amides is 2. The standard InChI is InChI=1S/C24H24N2O5/c1-14-5-4-6-19(15(14)2)26-12-18(11-23(26)29)24(30)31-13-21(27)16-7-8-20-17(9-16)10-22(28)25(20)3/h4-9,18H,10-13H2,1-3H3/t18-/m1/s1. The molecule has 0 saturated carbocycles. The first-order valence-electron chi connectivity index (χ1n) is 10.2. The molecule has 2 amide bonds. The van der Waals surface area contributed by atoms with E-state index in [1.807, 2.05) is 32.0 Å². The van der Waals surface area contributed by atoms with Gasteiger partial charge < -0.3 is 14.5 Å². The van der Waals surface area contributed by atoms with Gasteiger partial charge in [-0.15, -0.1) is 0 Å². The summed E-state index contributed by atoms with van der Waals surface area (Å²) in [5.74, 6) is -1.65. The molecule has 0 aromatic heterocycles. The van der Waals surface area contributed by atoms with Crippen LogP contribution in [0.3, 0.4) is 0 Å². The third-order valence-electron chi connectivity index (χ3n) is 6.15. The molecule has 7 nitrogen and oxygen atoms in total. The van der Waals surface area contributed by atoms with Gasteiger partial charge in [0.25, 0.3) is 0 Å². The van der Waals surface area contributed by atoms with Crippen LogP contribution in [-0.2, 0) is 25.5 Å². The highest BCUT2D eigenvalue weighted by Gasteiger charge is 2.37. The van der Waals surface area contributed by atoms with Crippen molar-refractivity contribution in [3.8, 4) is 0 Å². The molecular formula is C24H24N2O5. The monoisotopic (exact) mass is 420 g/mol. The van der Waals surface area contributed by atoms with Crippen LogP contribution in [0.2, 0.25) is 0 Å². The predicted octanol–water partition coefficient (Wildman–Crippen LogP) is 2.60. The lowest BCUT2D eigenvalue weighted by atomic mass is 10.1. The highest BCUT2D eigenvalue weighted by molar-refractivity contribution is 6.04. The van der Waals surface area contributed by atoms with Gasteiger partial charge in [0, 0.05) is 37.0 Å². The first-order valence-corrected chi connectivity index (χ1v) is 10.2. The van der Waals surface area contributed by atoms with E-state index in [1.165, 1.54) is 0 Å². The van der Waals surface area contributed by atoms with Crippen LogP contribution < -0.4 is 9.80 Å². The Morgan fingerprint density at radius 1 is 1.06 bits per heavy atom. The number of Topliss-reactive ketones (excluding diaryl/α,β-unsaturated/α-hetero) is 1. The second kappa shape index (κ2) is 7.98. The van der Waals surface area contributed by atoms with E-state index < -0.39 is 18.5 Å². The van der Waals surface area contributed by atoms with E-state index in [9.17, 15) is 19.2 Å². The zero-order valence-corrected chi connectivity index (χ0v) is 17.8. The molecule has 7 heteroatoms. The van der Waals surface area contributed by atoms with Crippen LogP contribution in [0.4, 0.5) is 11.4 Å². The lowest BCUT2D eigenvalue weighted by molar-refractivity contribution is -0.147. The Morgan fingerprint density at radius 2 is 1.84 bits per heavy atom. The Balaban J connectivity index is 1.38. The van der Waals surface area contributed by atoms with E-state index in [4.69, 9.17) is 4.74 Å². The van der Waals surface area contributed by atoms with Gasteiger partial charge in [-0.25, -0.2) is 0 Å². The first kappa shape index (κ1) is 20.8. The van der Waals surface area contributed by atoms with Gasteiger partial charge in [-0.05, 0) is 54.8 Å². The SMILES string of the molecule is Cc1cccc(N2C[C@H](C(=O)OCC(=O)c3ccc4c(c3)CC(=O)N4C)CC2=O)c1C. The van der Waals surface area contributed by atoms with Crippen molar-refractivity contribution in [2.24, 2.45) is 5.92 Å². The summed E-state index contributed by atoms with van der Waals surface area (Å²) in [5.41, 5.74) is 4.85. The highest BCUT2D eigenvalue weighted by Crippen LogP contribution is 2.30. The second-order valence-corrected chi connectivity index (χ2v) is 8.13. The first-order chi connectivity index (χ1) is 14.8. The maximum Gasteiger partial charge on any atom is 0.311 e. The average Bonchev–Trinajstić information content (AvgIpc) is 3.27. The molecule has 0 aliphatic carbocycles. The largest absolute Gasteiger partial charge is 0.457 e. The van der Waals surface area contributed by atoms with Crippen molar-refractivity contribution >= 4 is 34.9 Å². The number of benzene rings is 2. The van der Waals surface area contributed by atoms with Crippen molar-refractivity contribution in [2.75, 3.05) is 30.0 Å². The summed E-state index contributed by atoms with van der Waals surface area (Å²) in [7, 11) is 1.70. The minimum atomic E-state index is -0.605. The van der Waals surface area contributed by atoms with Crippen molar-refractivity contribution in [3.05, 3.63) is 58.7 Å². The summed E-state index contributed by atoms with van der Waals surface area (Å²) in [4.78, 5) is 52.5. The zero-order chi connectivity index (χ0) is 22.3. The highest BCUT2D eigenvalue weighted by atomic mass is 16.5. The molecule has 1 fully saturated rings. The van der Waals surface area contributed by atoms with Crippen LogP contribution in [0.1, 0.15) is 33.5 Å². The van der Waals surface area contributed by atoms with Crippen molar-refractivity contribution in [2.45, 2.75) is 26.7 Å². The fourth-order valence-corrected chi connectivity index (χ4v) is 4.11. The number of rotatable bonds is 5. The number of likely N-dealkylation sites (N-methyl/N-ethyl adjacent to an activating group) is 1. The minimum absolute atomic E-state index is 0.0228. The number of carbonyl (C=O) groups excluding carboxylic acids is 4.